The predicted octanol–water partition coefficient (Wildman–Crippen LogP) is 3.15. The van der Waals surface area contributed by atoms with Crippen molar-refractivity contribution in [1.29, 1.82) is 0 Å². The third-order valence-electron chi connectivity index (χ3n) is 2.83. The Labute approximate surface area is 110 Å². The van der Waals surface area contributed by atoms with Gasteiger partial charge >= 0.3 is 6.08 Å². The zero-order valence-electron chi connectivity index (χ0n) is 10.2. The standard InChI is InChI=1S/C15H13NO3/c17-10-9-11-5-1-3-7-13(11)18-15-16-12-6-2-4-8-14(12)19-15/h1-8,17H,9-10H2. The average Bonchev–Trinajstić information content (AvgIpc) is 2.83. The molecule has 1 N–H and O–H groups in total. The minimum Gasteiger partial charge on any atom is -0.411 e. The number of para-hydroxylation sites is 3. The molecule has 4 nitrogen and oxygen atoms in total. The fourth-order valence-electron chi connectivity index (χ4n) is 1.92. The van der Waals surface area contributed by atoms with Crippen LogP contribution in [0.3, 0.4) is 0 Å². The van der Waals surface area contributed by atoms with Gasteiger partial charge in [0.15, 0.2) is 5.58 Å². The summed E-state index contributed by atoms with van der Waals surface area (Å²) in [5.74, 6) is 0.656. The number of aliphatic hydroxyl groups is 1. The molecule has 0 saturated carbocycles. The van der Waals surface area contributed by atoms with Crippen molar-refractivity contribution in [3.05, 3.63) is 54.1 Å². The summed E-state index contributed by atoms with van der Waals surface area (Å²) in [6.45, 7) is 0.0773. The van der Waals surface area contributed by atoms with Crippen LogP contribution in [0.4, 0.5) is 0 Å². The van der Waals surface area contributed by atoms with Gasteiger partial charge in [0.1, 0.15) is 11.3 Å². The van der Waals surface area contributed by atoms with Gasteiger partial charge < -0.3 is 14.3 Å². The molecule has 2 aromatic carbocycles. The molecule has 19 heavy (non-hydrogen) atoms. The number of nitrogens with zero attached hydrogens (tertiary/aromatic N) is 1. The fourth-order valence-corrected chi connectivity index (χ4v) is 1.92. The first-order valence-electron chi connectivity index (χ1n) is 6.09. The summed E-state index contributed by atoms with van der Waals surface area (Å²) in [6.07, 6.45) is 0.753. The Morgan fingerprint density at radius 2 is 1.84 bits per heavy atom. The molecule has 0 fully saturated rings. The maximum atomic E-state index is 9.03. The predicted molar refractivity (Wildman–Crippen MR) is 71.3 cm³/mol. The van der Waals surface area contributed by atoms with Gasteiger partial charge in [0.05, 0.1) is 0 Å². The monoisotopic (exact) mass is 255 g/mol. The zero-order valence-corrected chi connectivity index (χ0v) is 10.2. The second-order valence-electron chi connectivity index (χ2n) is 4.13. The molecule has 3 rings (SSSR count). The molecule has 1 heterocycles. The lowest BCUT2D eigenvalue weighted by atomic mass is 10.1. The number of hydrogen-bond acceptors (Lipinski definition) is 4. The first kappa shape index (κ1) is 11.7. The zero-order chi connectivity index (χ0) is 13.1. The van der Waals surface area contributed by atoms with E-state index in [2.05, 4.69) is 4.98 Å². The van der Waals surface area contributed by atoms with Gasteiger partial charge in [0.2, 0.25) is 0 Å². The minimum absolute atomic E-state index is 0.0773. The Morgan fingerprint density at radius 1 is 1.05 bits per heavy atom. The van der Waals surface area contributed by atoms with Crippen LogP contribution in [-0.2, 0) is 6.42 Å². The van der Waals surface area contributed by atoms with Crippen LogP contribution in [0.15, 0.2) is 52.9 Å². The number of hydrogen-bond donors (Lipinski definition) is 1. The van der Waals surface area contributed by atoms with E-state index in [1.54, 1.807) is 0 Å². The molecule has 1 aromatic heterocycles. The Bertz CT molecular complexity index is 657. The van der Waals surface area contributed by atoms with Crippen molar-refractivity contribution >= 4 is 11.1 Å². The van der Waals surface area contributed by atoms with Gasteiger partial charge in [-0.3, -0.25) is 0 Å². The highest BCUT2D eigenvalue weighted by Crippen LogP contribution is 2.27. The molecule has 0 saturated heterocycles. The van der Waals surface area contributed by atoms with E-state index in [0.29, 0.717) is 17.8 Å². The van der Waals surface area contributed by atoms with Crippen LogP contribution in [-0.4, -0.2) is 16.7 Å². The van der Waals surface area contributed by atoms with Crippen LogP contribution in [0, 0.1) is 0 Å². The van der Waals surface area contributed by atoms with Crippen molar-refractivity contribution in [2.45, 2.75) is 6.42 Å². The molecule has 0 aliphatic heterocycles. The largest absolute Gasteiger partial charge is 0.411 e. The highest BCUT2D eigenvalue weighted by molar-refractivity contribution is 5.72. The van der Waals surface area contributed by atoms with E-state index in [0.717, 1.165) is 11.1 Å². The second-order valence-corrected chi connectivity index (χ2v) is 4.13. The van der Waals surface area contributed by atoms with E-state index in [9.17, 15) is 0 Å². The maximum Gasteiger partial charge on any atom is 0.400 e. The quantitative estimate of drug-likeness (QED) is 0.778. The van der Waals surface area contributed by atoms with Crippen LogP contribution in [0.2, 0.25) is 0 Å². The molecule has 0 amide bonds. The van der Waals surface area contributed by atoms with Gasteiger partial charge in [0.25, 0.3) is 0 Å². The van der Waals surface area contributed by atoms with E-state index in [1.165, 1.54) is 0 Å². The Morgan fingerprint density at radius 3 is 2.68 bits per heavy atom. The van der Waals surface area contributed by atoms with Crippen LogP contribution in [0.5, 0.6) is 11.8 Å². The van der Waals surface area contributed by atoms with Gasteiger partial charge in [-0.25, -0.2) is 0 Å². The second kappa shape index (κ2) is 5.12. The topological polar surface area (TPSA) is 55.5 Å². The highest BCUT2D eigenvalue weighted by atomic mass is 16.6. The SMILES string of the molecule is OCCc1ccccc1Oc1nc2ccccc2o1. The Balaban J connectivity index is 1.92. The molecule has 96 valence electrons. The summed E-state index contributed by atoms with van der Waals surface area (Å²) in [5.41, 5.74) is 2.38. The molecule has 3 aromatic rings. The van der Waals surface area contributed by atoms with E-state index in [-0.39, 0.29) is 12.7 Å². The lowest BCUT2D eigenvalue weighted by Crippen LogP contribution is -1.95. The van der Waals surface area contributed by atoms with Crippen LogP contribution in [0.1, 0.15) is 5.56 Å². The summed E-state index contributed by atoms with van der Waals surface area (Å²) >= 11 is 0. The van der Waals surface area contributed by atoms with Gasteiger partial charge in [-0.1, -0.05) is 30.3 Å². The first-order chi connectivity index (χ1) is 9.36. The number of oxazole rings is 1. The van der Waals surface area contributed by atoms with Gasteiger partial charge in [-0.15, -0.1) is 0 Å². The summed E-state index contributed by atoms with van der Waals surface area (Å²) < 4.78 is 11.2. The van der Waals surface area contributed by atoms with E-state index in [4.69, 9.17) is 14.3 Å². The number of aromatic nitrogens is 1. The molecular weight excluding hydrogens is 242 g/mol. The minimum atomic E-state index is 0.0773. The van der Waals surface area contributed by atoms with Crippen LogP contribution in [0.25, 0.3) is 11.1 Å². The number of aliphatic hydroxyl groups excluding tert-OH is 1. The molecule has 4 heteroatoms. The van der Waals surface area contributed by atoms with Crippen molar-refractivity contribution in [2.24, 2.45) is 0 Å². The summed E-state index contributed by atoms with van der Waals surface area (Å²) in [7, 11) is 0. The van der Waals surface area contributed by atoms with Crippen molar-refractivity contribution in [1.82, 2.24) is 4.98 Å². The van der Waals surface area contributed by atoms with Crippen molar-refractivity contribution in [2.75, 3.05) is 6.61 Å². The molecule has 0 aliphatic rings. The van der Waals surface area contributed by atoms with Crippen molar-refractivity contribution in [3.8, 4) is 11.8 Å². The molecule has 0 aliphatic carbocycles. The van der Waals surface area contributed by atoms with E-state index >= 15 is 0 Å². The Hall–Kier alpha value is -2.33. The lowest BCUT2D eigenvalue weighted by Gasteiger charge is -2.06. The number of rotatable bonds is 4. The molecule has 0 unspecified atom stereocenters. The normalized spacial score (nSPS) is 10.8. The van der Waals surface area contributed by atoms with Crippen LogP contribution >= 0.6 is 0 Å². The third-order valence-corrected chi connectivity index (χ3v) is 2.83. The highest BCUT2D eigenvalue weighted by Gasteiger charge is 2.09. The third kappa shape index (κ3) is 2.44. The summed E-state index contributed by atoms with van der Waals surface area (Å²) in [4.78, 5) is 4.26. The maximum absolute atomic E-state index is 9.03. The fraction of sp³-hybridized carbons (Fsp3) is 0.133. The van der Waals surface area contributed by atoms with Gasteiger partial charge in [-0.2, -0.15) is 4.98 Å². The van der Waals surface area contributed by atoms with E-state index < -0.39 is 0 Å². The van der Waals surface area contributed by atoms with Crippen LogP contribution < -0.4 is 4.74 Å². The summed E-state index contributed by atoms with van der Waals surface area (Å²) in [5, 5.41) is 9.03. The van der Waals surface area contributed by atoms with Gasteiger partial charge in [-0.05, 0) is 30.2 Å². The molecular formula is C15H13NO3. The summed E-state index contributed by atoms with van der Waals surface area (Å²) in [6, 6.07) is 15.0. The molecule has 0 atom stereocenters. The number of benzene rings is 2. The van der Waals surface area contributed by atoms with Gasteiger partial charge in [0, 0.05) is 6.61 Å². The molecule has 0 bridgehead atoms. The van der Waals surface area contributed by atoms with E-state index in [1.807, 2.05) is 48.5 Å². The smallest absolute Gasteiger partial charge is 0.400 e. The first-order valence-corrected chi connectivity index (χ1v) is 6.09. The molecule has 0 radical (unpaired) electrons. The number of fused-ring (bicyclic) bond motifs is 1. The van der Waals surface area contributed by atoms with Crippen molar-refractivity contribution in [3.63, 3.8) is 0 Å². The number of ether oxygens (including phenoxy) is 1. The van der Waals surface area contributed by atoms with Crippen molar-refractivity contribution < 1.29 is 14.3 Å². The lowest BCUT2D eigenvalue weighted by molar-refractivity contribution is 0.294. The average molecular weight is 255 g/mol. The molecule has 0 spiro atoms. The Kier molecular flexibility index (Phi) is 3.16.